The maximum absolute atomic E-state index is 13.4. The van der Waals surface area contributed by atoms with Crippen LogP contribution < -0.4 is 21.1 Å². The number of rotatable bonds is 9. The zero-order valence-corrected chi connectivity index (χ0v) is 18.2. The van der Waals surface area contributed by atoms with Gasteiger partial charge in [0.2, 0.25) is 0 Å². The van der Waals surface area contributed by atoms with Crippen LogP contribution in [0.15, 0.2) is 53.5 Å². The number of hydrogen-bond donors (Lipinski definition) is 3. The fourth-order valence-corrected chi connectivity index (χ4v) is 3.53. The van der Waals surface area contributed by atoms with Crippen LogP contribution in [0.4, 0.5) is 4.39 Å². The van der Waals surface area contributed by atoms with E-state index < -0.39 is 5.91 Å². The number of nitrogens with one attached hydrogen (secondary N) is 2. The molecule has 0 aliphatic carbocycles. The summed E-state index contributed by atoms with van der Waals surface area (Å²) in [5.74, 6) is 0.458. The van der Waals surface area contributed by atoms with Crippen molar-refractivity contribution in [3.05, 3.63) is 65.5 Å². The summed E-state index contributed by atoms with van der Waals surface area (Å²) >= 11 is 0. The molecule has 4 N–H and O–H groups in total. The van der Waals surface area contributed by atoms with E-state index in [2.05, 4.69) is 20.5 Å². The largest absolute Gasteiger partial charge is 0.484 e. The van der Waals surface area contributed by atoms with E-state index in [1.54, 1.807) is 13.1 Å². The van der Waals surface area contributed by atoms with Crippen molar-refractivity contribution in [1.29, 1.82) is 0 Å². The number of carbonyl (C=O) groups excluding carboxylic acids is 1. The number of aliphatic imine (C=N–C) groups is 1. The number of nitrogens with zero attached hydrogens (tertiary/aromatic N) is 2. The summed E-state index contributed by atoms with van der Waals surface area (Å²) in [5, 5.41) is 6.66. The molecule has 1 atom stereocenters. The molecule has 0 aromatic heterocycles. The Bertz CT molecular complexity index is 901. The Kier molecular flexibility index (Phi) is 8.82. The third-order valence-electron chi connectivity index (χ3n) is 5.17. The van der Waals surface area contributed by atoms with Gasteiger partial charge in [-0.1, -0.05) is 24.3 Å². The number of guanidine groups is 1. The van der Waals surface area contributed by atoms with Gasteiger partial charge in [-0.15, -0.1) is 0 Å². The quantitative estimate of drug-likeness (QED) is 0.400. The molecule has 32 heavy (non-hydrogen) atoms. The first-order chi connectivity index (χ1) is 15.5. The van der Waals surface area contributed by atoms with Crippen molar-refractivity contribution < 1.29 is 18.7 Å². The molecule has 3 rings (SSSR count). The van der Waals surface area contributed by atoms with Crippen molar-refractivity contribution in [3.63, 3.8) is 0 Å². The van der Waals surface area contributed by atoms with Gasteiger partial charge in [0.25, 0.3) is 5.91 Å². The van der Waals surface area contributed by atoms with E-state index in [1.165, 1.54) is 12.1 Å². The average molecular weight is 444 g/mol. The Morgan fingerprint density at radius 3 is 2.66 bits per heavy atom. The van der Waals surface area contributed by atoms with Gasteiger partial charge in [0, 0.05) is 33.2 Å². The van der Waals surface area contributed by atoms with E-state index in [9.17, 15) is 9.18 Å². The number of nitrogens with two attached hydrogens (primary N) is 1. The molecule has 8 nitrogen and oxygen atoms in total. The molecule has 2 aromatic rings. The first kappa shape index (κ1) is 23.5. The van der Waals surface area contributed by atoms with Crippen molar-refractivity contribution in [3.8, 4) is 5.75 Å². The summed E-state index contributed by atoms with van der Waals surface area (Å²) in [6, 6.07) is 14.1. The van der Waals surface area contributed by atoms with Crippen molar-refractivity contribution in [1.82, 2.24) is 15.5 Å². The van der Waals surface area contributed by atoms with E-state index in [4.69, 9.17) is 15.2 Å². The van der Waals surface area contributed by atoms with Gasteiger partial charge in [-0.2, -0.15) is 0 Å². The van der Waals surface area contributed by atoms with Crippen LogP contribution in [0, 0.1) is 5.82 Å². The fraction of sp³-hybridized carbons (Fsp3) is 0.391. The molecular formula is C23H30FN5O3. The normalized spacial score (nSPS) is 15.8. The number of halogens is 1. The predicted molar refractivity (Wildman–Crippen MR) is 121 cm³/mol. The molecule has 172 valence electrons. The fourth-order valence-electron chi connectivity index (χ4n) is 3.53. The molecule has 1 heterocycles. The molecule has 2 aromatic carbocycles. The maximum atomic E-state index is 13.4. The summed E-state index contributed by atoms with van der Waals surface area (Å²) in [5.41, 5.74) is 7.13. The minimum absolute atomic E-state index is 0.0589. The molecule has 9 heteroatoms. The second kappa shape index (κ2) is 12.0. The zero-order chi connectivity index (χ0) is 22.8. The molecule has 1 unspecified atom stereocenters. The minimum Gasteiger partial charge on any atom is -0.484 e. The van der Waals surface area contributed by atoms with E-state index in [1.807, 2.05) is 30.3 Å². The van der Waals surface area contributed by atoms with E-state index in [0.29, 0.717) is 38.0 Å². The van der Waals surface area contributed by atoms with Crippen LogP contribution in [-0.4, -0.2) is 63.3 Å². The van der Waals surface area contributed by atoms with Crippen molar-refractivity contribution in [2.24, 2.45) is 10.7 Å². The first-order valence-electron chi connectivity index (χ1n) is 10.6. The van der Waals surface area contributed by atoms with Crippen molar-refractivity contribution >= 4 is 11.9 Å². The second-order valence-electron chi connectivity index (χ2n) is 7.42. The topological polar surface area (TPSA) is 101 Å². The Labute approximate surface area is 187 Å². The maximum Gasteiger partial charge on any atom is 0.255 e. The molecule has 0 radical (unpaired) electrons. The third kappa shape index (κ3) is 7.21. The van der Waals surface area contributed by atoms with E-state index in [-0.39, 0.29) is 18.5 Å². The minimum atomic E-state index is -0.519. The molecule has 1 fully saturated rings. The first-order valence-corrected chi connectivity index (χ1v) is 10.6. The Balaban J connectivity index is 1.59. The number of carbonyl (C=O) groups is 1. The molecular weight excluding hydrogens is 413 g/mol. The summed E-state index contributed by atoms with van der Waals surface area (Å²) in [4.78, 5) is 17.5. The van der Waals surface area contributed by atoms with Crippen molar-refractivity contribution in [2.75, 3.05) is 46.5 Å². The van der Waals surface area contributed by atoms with Crippen LogP contribution >= 0.6 is 0 Å². The smallest absolute Gasteiger partial charge is 0.255 e. The lowest BCUT2D eigenvalue weighted by atomic mass is 10.0. The second-order valence-corrected chi connectivity index (χ2v) is 7.42. The van der Waals surface area contributed by atoms with Crippen LogP contribution in [0.25, 0.3) is 0 Å². The summed E-state index contributed by atoms with van der Waals surface area (Å²) in [6.07, 6.45) is 0. The number of benzene rings is 2. The van der Waals surface area contributed by atoms with Crippen LogP contribution in [0.3, 0.4) is 0 Å². The molecule has 0 saturated carbocycles. The number of morpholine rings is 1. The molecule has 1 aliphatic heterocycles. The van der Waals surface area contributed by atoms with Crippen LogP contribution in [0.2, 0.25) is 0 Å². The summed E-state index contributed by atoms with van der Waals surface area (Å²) in [7, 11) is 1.71. The van der Waals surface area contributed by atoms with Gasteiger partial charge >= 0.3 is 0 Å². The lowest BCUT2D eigenvalue weighted by Gasteiger charge is -2.35. The lowest BCUT2D eigenvalue weighted by molar-refractivity contribution is -0.119. The Morgan fingerprint density at radius 1 is 1.22 bits per heavy atom. The summed E-state index contributed by atoms with van der Waals surface area (Å²) < 4.78 is 24.3. The average Bonchev–Trinajstić information content (AvgIpc) is 2.82. The van der Waals surface area contributed by atoms with Crippen LogP contribution in [0.1, 0.15) is 17.2 Å². The molecule has 0 bridgehead atoms. The number of amides is 1. The van der Waals surface area contributed by atoms with Crippen LogP contribution in [0.5, 0.6) is 5.75 Å². The van der Waals surface area contributed by atoms with Gasteiger partial charge < -0.3 is 25.8 Å². The highest BCUT2D eigenvalue weighted by Crippen LogP contribution is 2.21. The predicted octanol–water partition coefficient (Wildman–Crippen LogP) is 1.43. The van der Waals surface area contributed by atoms with Gasteiger partial charge in [-0.3, -0.25) is 14.7 Å². The highest BCUT2D eigenvalue weighted by Gasteiger charge is 2.23. The van der Waals surface area contributed by atoms with Gasteiger partial charge in [0.1, 0.15) is 11.6 Å². The Hall–Kier alpha value is -3.17. The lowest BCUT2D eigenvalue weighted by Crippen LogP contribution is -2.46. The molecule has 1 aliphatic rings. The monoisotopic (exact) mass is 443 g/mol. The van der Waals surface area contributed by atoms with Gasteiger partial charge in [0.15, 0.2) is 12.6 Å². The standard InChI is InChI=1S/C23H30FN5O3/c1-26-23(27-14-17-3-2-4-20(13-17)32-16-22(25)30)28-15-21(29-9-11-31-12-10-29)18-5-7-19(24)8-6-18/h2-8,13,21H,9-12,14-16H2,1H3,(H2,25,30)(H2,26,27,28). The number of hydrogen-bond acceptors (Lipinski definition) is 5. The van der Waals surface area contributed by atoms with E-state index >= 15 is 0 Å². The number of ether oxygens (including phenoxy) is 2. The van der Waals surface area contributed by atoms with Gasteiger partial charge in [-0.05, 0) is 35.4 Å². The highest BCUT2D eigenvalue weighted by atomic mass is 19.1. The van der Waals surface area contributed by atoms with E-state index in [0.717, 1.165) is 24.2 Å². The number of primary amides is 1. The van der Waals surface area contributed by atoms with Crippen molar-refractivity contribution in [2.45, 2.75) is 12.6 Å². The summed E-state index contributed by atoms with van der Waals surface area (Å²) in [6.45, 7) is 3.95. The van der Waals surface area contributed by atoms with Gasteiger partial charge in [0.05, 0.1) is 19.3 Å². The van der Waals surface area contributed by atoms with Gasteiger partial charge in [-0.25, -0.2) is 4.39 Å². The highest BCUT2D eigenvalue weighted by molar-refractivity contribution is 5.79. The third-order valence-corrected chi connectivity index (χ3v) is 5.17. The SMILES string of the molecule is CN=C(NCc1cccc(OCC(N)=O)c1)NCC(c1ccc(F)cc1)N1CCOCC1. The molecule has 1 amide bonds. The zero-order valence-electron chi connectivity index (χ0n) is 18.2. The Morgan fingerprint density at radius 2 is 1.97 bits per heavy atom. The molecule has 0 spiro atoms. The molecule has 1 saturated heterocycles. The van der Waals surface area contributed by atoms with Crippen LogP contribution in [-0.2, 0) is 16.1 Å².